The Morgan fingerprint density at radius 2 is 2.07 bits per heavy atom. The first-order chi connectivity index (χ1) is 6.47. The maximum absolute atomic E-state index is 12.5. The van der Waals surface area contributed by atoms with Gasteiger partial charge in [-0.3, -0.25) is 4.79 Å². The van der Waals surface area contributed by atoms with Crippen molar-refractivity contribution >= 4 is 5.91 Å². The molecule has 0 saturated heterocycles. The van der Waals surface area contributed by atoms with E-state index >= 15 is 0 Å². The Morgan fingerprint density at radius 3 is 2.43 bits per heavy atom. The molecular formula is C8H7F3N2O. The van der Waals surface area contributed by atoms with Gasteiger partial charge in [0.1, 0.15) is 5.41 Å². The lowest BCUT2D eigenvalue weighted by molar-refractivity contribution is -0.172. The van der Waals surface area contributed by atoms with Gasteiger partial charge in [-0.2, -0.15) is 18.3 Å². The topological polar surface area (TPSA) is 34.9 Å². The standard InChI is InChI=1S/C8H7F3N2O/c9-8(10,11)7(2-3-7)6(14)13-5-1-4-12-13/h1,4-5H,2-3H2. The summed E-state index contributed by atoms with van der Waals surface area (Å²) in [5.41, 5.74) is -2.17. The second-order valence-corrected chi connectivity index (χ2v) is 3.34. The number of halogens is 3. The zero-order valence-corrected chi connectivity index (χ0v) is 7.08. The summed E-state index contributed by atoms with van der Waals surface area (Å²) in [5, 5.41) is 3.50. The molecule has 2 rings (SSSR count). The van der Waals surface area contributed by atoms with Crippen LogP contribution in [0.25, 0.3) is 0 Å². The Labute approximate surface area is 77.5 Å². The lowest BCUT2D eigenvalue weighted by Gasteiger charge is -2.16. The van der Waals surface area contributed by atoms with Crippen molar-refractivity contribution in [1.29, 1.82) is 0 Å². The van der Waals surface area contributed by atoms with E-state index in [9.17, 15) is 18.0 Å². The number of rotatable bonds is 1. The van der Waals surface area contributed by atoms with Crippen molar-refractivity contribution in [2.24, 2.45) is 5.41 Å². The van der Waals surface area contributed by atoms with Crippen molar-refractivity contribution < 1.29 is 18.0 Å². The fraction of sp³-hybridized carbons (Fsp3) is 0.500. The quantitative estimate of drug-likeness (QED) is 0.699. The molecular weight excluding hydrogens is 197 g/mol. The van der Waals surface area contributed by atoms with E-state index < -0.39 is 17.5 Å². The summed E-state index contributed by atoms with van der Waals surface area (Å²) >= 11 is 0. The van der Waals surface area contributed by atoms with Gasteiger partial charge in [-0.05, 0) is 18.9 Å². The van der Waals surface area contributed by atoms with Gasteiger partial charge in [-0.25, -0.2) is 4.68 Å². The summed E-state index contributed by atoms with van der Waals surface area (Å²) in [6.07, 6.45) is -2.21. The monoisotopic (exact) mass is 204 g/mol. The summed E-state index contributed by atoms with van der Waals surface area (Å²) in [5.74, 6) is -0.977. The number of carbonyl (C=O) groups excluding carboxylic acids is 1. The van der Waals surface area contributed by atoms with Crippen molar-refractivity contribution in [3.05, 3.63) is 18.5 Å². The van der Waals surface area contributed by atoms with Gasteiger partial charge >= 0.3 is 6.18 Å². The van der Waals surface area contributed by atoms with Gasteiger partial charge in [0.25, 0.3) is 5.91 Å². The second-order valence-electron chi connectivity index (χ2n) is 3.34. The third kappa shape index (κ3) is 1.13. The number of aromatic nitrogens is 2. The molecule has 1 fully saturated rings. The minimum atomic E-state index is -4.46. The average molecular weight is 204 g/mol. The molecule has 0 bridgehead atoms. The normalized spacial score (nSPS) is 19.4. The fourth-order valence-corrected chi connectivity index (χ4v) is 1.35. The smallest absolute Gasteiger partial charge is 0.272 e. The van der Waals surface area contributed by atoms with Gasteiger partial charge in [0.05, 0.1) is 0 Å². The van der Waals surface area contributed by atoms with Gasteiger partial charge in [-0.1, -0.05) is 0 Å². The van der Waals surface area contributed by atoms with Crippen molar-refractivity contribution in [3.63, 3.8) is 0 Å². The van der Waals surface area contributed by atoms with Crippen LogP contribution in [0.5, 0.6) is 0 Å². The fourth-order valence-electron chi connectivity index (χ4n) is 1.35. The number of carbonyl (C=O) groups is 1. The Kier molecular flexibility index (Phi) is 1.71. The summed E-state index contributed by atoms with van der Waals surface area (Å²) in [7, 11) is 0. The molecule has 76 valence electrons. The minimum absolute atomic E-state index is 0.130. The first-order valence-electron chi connectivity index (χ1n) is 4.08. The largest absolute Gasteiger partial charge is 0.403 e. The van der Waals surface area contributed by atoms with E-state index in [0.29, 0.717) is 0 Å². The Balaban J connectivity index is 2.29. The average Bonchev–Trinajstić information content (AvgIpc) is 2.73. The van der Waals surface area contributed by atoms with Gasteiger partial charge in [0.15, 0.2) is 0 Å². The predicted molar refractivity (Wildman–Crippen MR) is 40.6 cm³/mol. The molecule has 0 radical (unpaired) electrons. The third-order valence-corrected chi connectivity index (χ3v) is 2.41. The van der Waals surface area contributed by atoms with Gasteiger partial charge < -0.3 is 0 Å². The molecule has 1 aromatic rings. The number of hydrogen-bond acceptors (Lipinski definition) is 2. The number of nitrogens with zero attached hydrogens (tertiary/aromatic N) is 2. The molecule has 0 spiro atoms. The van der Waals surface area contributed by atoms with Crippen LogP contribution < -0.4 is 0 Å². The highest BCUT2D eigenvalue weighted by Gasteiger charge is 2.69. The third-order valence-electron chi connectivity index (χ3n) is 2.41. The van der Waals surface area contributed by atoms with E-state index in [4.69, 9.17) is 0 Å². The molecule has 0 aromatic carbocycles. The second kappa shape index (κ2) is 2.59. The zero-order chi connectivity index (χ0) is 10.4. The highest BCUT2D eigenvalue weighted by molar-refractivity contribution is 5.87. The van der Waals surface area contributed by atoms with Crippen LogP contribution in [0.15, 0.2) is 18.5 Å². The molecule has 1 heterocycles. The Morgan fingerprint density at radius 1 is 1.43 bits per heavy atom. The van der Waals surface area contributed by atoms with Crippen LogP contribution >= 0.6 is 0 Å². The summed E-state index contributed by atoms with van der Waals surface area (Å²) in [4.78, 5) is 11.4. The van der Waals surface area contributed by atoms with E-state index in [1.54, 1.807) is 0 Å². The van der Waals surface area contributed by atoms with Crippen molar-refractivity contribution in [2.75, 3.05) is 0 Å². The van der Waals surface area contributed by atoms with Crippen LogP contribution in [0.4, 0.5) is 13.2 Å². The molecule has 1 aliphatic carbocycles. The molecule has 0 atom stereocenters. The van der Waals surface area contributed by atoms with Crippen molar-refractivity contribution in [3.8, 4) is 0 Å². The molecule has 0 aliphatic heterocycles. The molecule has 1 aromatic heterocycles. The van der Waals surface area contributed by atoms with E-state index in [0.717, 1.165) is 4.68 Å². The lowest BCUT2D eigenvalue weighted by Crippen LogP contribution is -2.36. The predicted octanol–water partition coefficient (Wildman–Crippen LogP) is 1.87. The van der Waals surface area contributed by atoms with Crippen molar-refractivity contribution in [1.82, 2.24) is 9.78 Å². The summed E-state index contributed by atoms with van der Waals surface area (Å²) in [6.45, 7) is 0. The van der Waals surface area contributed by atoms with Crippen LogP contribution in [0.2, 0.25) is 0 Å². The Hall–Kier alpha value is -1.33. The molecule has 0 N–H and O–H groups in total. The lowest BCUT2D eigenvalue weighted by atomic mass is 10.1. The Bertz CT molecular complexity index is 351. The minimum Gasteiger partial charge on any atom is -0.272 e. The molecule has 0 unspecified atom stereocenters. The highest BCUT2D eigenvalue weighted by atomic mass is 19.4. The molecule has 3 nitrogen and oxygen atoms in total. The maximum Gasteiger partial charge on any atom is 0.403 e. The van der Waals surface area contributed by atoms with Crippen LogP contribution in [0.1, 0.15) is 17.6 Å². The molecule has 0 amide bonds. The molecule has 14 heavy (non-hydrogen) atoms. The molecule has 1 saturated carbocycles. The van der Waals surface area contributed by atoms with E-state index in [1.165, 1.54) is 18.5 Å². The van der Waals surface area contributed by atoms with Crippen molar-refractivity contribution in [2.45, 2.75) is 19.0 Å². The highest BCUT2D eigenvalue weighted by Crippen LogP contribution is 2.58. The van der Waals surface area contributed by atoms with Crippen LogP contribution in [-0.2, 0) is 0 Å². The molecule has 6 heteroatoms. The zero-order valence-electron chi connectivity index (χ0n) is 7.08. The molecule has 1 aliphatic rings. The van der Waals surface area contributed by atoms with Gasteiger partial charge in [0, 0.05) is 12.4 Å². The first-order valence-corrected chi connectivity index (χ1v) is 4.08. The van der Waals surface area contributed by atoms with Gasteiger partial charge in [0.2, 0.25) is 0 Å². The van der Waals surface area contributed by atoms with E-state index in [-0.39, 0.29) is 12.8 Å². The SMILES string of the molecule is O=C(n1cccn1)C1(C(F)(F)F)CC1. The summed E-state index contributed by atoms with van der Waals surface area (Å²) in [6, 6.07) is 1.42. The first kappa shape index (κ1) is 9.23. The van der Waals surface area contributed by atoms with Crippen LogP contribution in [0, 0.1) is 5.41 Å². The van der Waals surface area contributed by atoms with Gasteiger partial charge in [-0.15, -0.1) is 0 Å². The van der Waals surface area contributed by atoms with E-state index in [2.05, 4.69) is 5.10 Å². The van der Waals surface area contributed by atoms with Crippen LogP contribution in [-0.4, -0.2) is 21.9 Å². The van der Waals surface area contributed by atoms with E-state index in [1.807, 2.05) is 0 Å². The number of hydrogen-bond donors (Lipinski definition) is 0. The maximum atomic E-state index is 12.5. The number of alkyl halides is 3. The summed E-state index contributed by atoms with van der Waals surface area (Å²) < 4.78 is 38.2. The van der Waals surface area contributed by atoms with Crippen LogP contribution in [0.3, 0.4) is 0 Å².